The highest BCUT2D eigenvalue weighted by Crippen LogP contribution is 2.28. The van der Waals surface area contributed by atoms with Gasteiger partial charge >= 0.3 is 0 Å². The predicted molar refractivity (Wildman–Crippen MR) is 87.7 cm³/mol. The molecule has 2 nitrogen and oxygen atoms in total. The van der Waals surface area contributed by atoms with Gasteiger partial charge in [0.25, 0.3) is 0 Å². The molecule has 0 amide bonds. The highest BCUT2D eigenvalue weighted by Gasteiger charge is 2.17. The molecule has 0 bridgehead atoms. The van der Waals surface area contributed by atoms with E-state index in [1.54, 1.807) is 0 Å². The average Bonchev–Trinajstić information content (AvgIpc) is 2.78. The van der Waals surface area contributed by atoms with E-state index in [0.29, 0.717) is 11.9 Å². The van der Waals surface area contributed by atoms with Crippen LogP contribution in [0.3, 0.4) is 0 Å². The number of rotatable bonds is 6. The average molecular weight is 293 g/mol. The smallest absolute Gasteiger partial charge is 0.111 e. The number of benzene rings is 1. The Kier molecular flexibility index (Phi) is 5.09. The second kappa shape index (κ2) is 6.62. The van der Waals surface area contributed by atoms with Crippen LogP contribution >= 0.6 is 11.6 Å². The summed E-state index contributed by atoms with van der Waals surface area (Å²) in [6, 6.07) is 6.90. The summed E-state index contributed by atoms with van der Waals surface area (Å²) >= 11 is 5.96. The zero-order valence-corrected chi connectivity index (χ0v) is 13.7. The Morgan fingerprint density at radius 2 is 2.05 bits per heavy atom. The minimum Gasteiger partial charge on any atom is -0.325 e. The standard InChI is InChI=1S/C17H25ClN2/c1-5-12(2)11-14(4)20-15-8-6-7-13(3)17(15)19-16(20)9-10-18/h6-8,12,14H,5,9-11H2,1-4H3. The lowest BCUT2D eigenvalue weighted by Crippen LogP contribution is -2.13. The van der Waals surface area contributed by atoms with E-state index in [1.807, 2.05) is 0 Å². The molecule has 3 heteroatoms. The summed E-state index contributed by atoms with van der Waals surface area (Å²) in [5.41, 5.74) is 3.62. The van der Waals surface area contributed by atoms with Crippen LogP contribution < -0.4 is 0 Å². The Balaban J connectivity index is 2.48. The molecule has 1 heterocycles. The van der Waals surface area contributed by atoms with E-state index in [9.17, 15) is 0 Å². The number of nitrogens with zero attached hydrogens (tertiary/aromatic N) is 2. The van der Waals surface area contributed by atoms with Gasteiger partial charge in [0.1, 0.15) is 5.82 Å². The largest absolute Gasteiger partial charge is 0.325 e. The van der Waals surface area contributed by atoms with Crippen LogP contribution in [0.4, 0.5) is 0 Å². The Hall–Kier alpha value is -1.02. The van der Waals surface area contributed by atoms with Crippen LogP contribution in [-0.4, -0.2) is 15.4 Å². The van der Waals surface area contributed by atoms with Crippen molar-refractivity contribution >= 4 is 22.6 Å². The van der Waals surface area contributed by atoms with Crippen LogP contribution in [0.25, 0.3) is 11.0 Å². The number of imidazole rings is 1. The minimum absolute atomic E-state index is 0.468. The highest BCUT2D eigenvalue weighted by atomic mass is 35.5. The SMILES string of the molecule is CCC(C)CC(C)n1c(CCCl)nc2c(C)cccc21. The molecule has 2 unspecified atom stereocenters. The maximum Gasteiger partial charge on any atom is 0.111 e. The van der Waals surface area contributed by atoms with Crippen molar-refractivity contribution in [3.63, 3.8) is 0 Å². The van der Waals surface area contributed by atoms with E-state index in [4.69, 9.17) is 16.6 Å². The van der Waals surface area contributed by atoms with E-state index < -0.39 is 0 Å². The first-order valence-corrected chi connectivity index (χ1v) is 8.14. The number of para-hydroxylation sites is 1. The molecule has 1 aromatic carbocycles. The quantitative estimate of drug-likeness (QED) is 0.675. The minimum atomic E-state index is 0.468. The third-order valence-corrected chi connectivity index (χ3v) is 4.38. The Morgan fingerprint density at radius 3 is 2.70 bits per heavy atom. The van der Waals surface area contributed by atoms with Crippen molar-refractivity contribution in [2.45, 2.75) is 53.0 Å². The Bertz CT molecular complexity index is 574. The van der Waals surface area contributed by atoms with Gasteiger partial charge < -0.3 is 4.57 Å². The van der Waals surface area contributed by atoms with Gasteiger partial charge in [0.15, 0.2) is 0 Å². The Labute approximate surface area is 127 Å². The van der Waals surface area contributed by atoms with Crippen molar-refractivity contribution in [3.8, 4) is 0 Å². The molecule has 0 spiro atoms. The van der Waals surface area contributed by atoms with Crippen LogP contribution in [-0.2, 0) is 6.42 Å². The topological polar surface area (TPSA) is 17.8 Å². The zero-order chi connectivity index (χ0) is 14.7. The van der Waals surface area contributed by atoms with E-state index in [1.165, 1.54) is 23.9 Å². The van der Waals surface area contributed by atoms with Crippen LogP contribution in [0.2, 0.25) is 0 Å². The fourth-order valence-electron chi connectivity index (χ4n) is 2.91. The molecule has 0 saturated heterocycles. The summed E-state index contributed by atoms with van der Waals surface area (Å²) < 4.78 is 2.40. The number of aromatic nitrogens is 2. The van der Waals surface area contributed by atoms with Crippen LogP contribution in [0.15, 0.2) is 18.2 Å². The first-order valence-electron chi connectivity index (χ1n) is 7.60. The predicted octanol–water partition coefficient (Wildman–Crippen LogP) is 5.12. The van der Waals surface area contributed by atoms with Gasteiger partial charge in [-0.1, -0.05) is 32.4 Å². The molecule has 0 N–H and O–H groups in total. The van der Waals surface area contributed by atoms with E-state index in [0.717, 1.165) is 23.7 Å². The molecule has 0 aliphatic carbocycles. The second-order valence-electron chi connectivity index (χ2n) is 5.88. The molecule has 110 valence electrons. The number of hydrogen-bond acceptors (Lipinski definition) is 1. The molecule has 1 aromatic heterocycles. The molecule has 0 aliphatic heterocycles. The number of hydrogen-bond donors (Lipinski definition) is 0. The molecule has 0 radical (unpaired) electrons. The van der Waals surface area contributed by atoms with Gasteiger partial charge in [-0.2, -0.15) is 0 Å². The van der Waals surface area contributed by atoms with Crippen molar-refractivity contribution in [2.24, 2.45) is 5.92 Å². The fraction of sp³-hybridized carbons (Fsp3) is 0.588. The van der Waals surface area contributed by atoms with Gasteiger partial charge in [0.2, 0.25) is 0 Å². The van der Waals surface area contributed by atoms with Gasteiger partial charge in [-0.3, -0.25) is 0 Å². The third-order valence-electron chi connectivity index (χ3n) is 4.19. The Morgan fingerprint density at radius 1 is 1.30 bits per heavy atom. The molecular weight excluding hydrogens is 268 g/mol. The first kappa shape index (κ1) is 15.4. The van der Waals surface area contributed by atoms with E-state index >= 15 is 0 Å². The van der Waals surface area contributed by atoms with E-state index in [2.05, 4.69) is 50.5 Å². The van der Waals surface area contributed by atoms with E-state index in [-0.39, 0.29) is 0 Å². The van der Waals surface area contributed by atoms with Crippen molar-refractivity contribution in [1.82, 2.24) is 9.55 Å². The normalized spacial score (nSPS) is 14.7. The zero-order valence-electron chi connectivity index (χ0n) is 13.0. The highest BCUT2D eigenvalue weighted by molar-refractivity contribution is 6.17. The number of fused-ring (bicyclic) bond motifs is 1. The molecule has 0 saturated carbocycles. The number of alkyl halides is 1. The molecule has 0 fully saturated rings. The summed E-state index contributed by atoms with van der Waals surface area (Å²) in [4.78, 5) is 4.83. The van der Waals surface area contributed by atoms with Crippen LogP contribution in [0.1, 0.15) is 51.0 Å². The maximum absolute atomic E-state index is 5.96. The lowest BCUT2D eigenvalue weighted by molar-refractivity contribution is 0.397. The first-order chi connectivity index (χ1) is 9.58. The summed E-state index contributed by atoms with van der Waals surface area (Å²) in [5.74, 6) is 2.48. The summed E-state index contributed by atoms with van der Waals surface area (Å²) in [6.07, 6.45) is 3.24. The van der Waals surface area contributed by atoms with Gasteiger partial charge in [-0.25, -0.2) is 4.98 Å². The summed E-state index contributed by atoms with van der Waals surface area (Å²) in [7, 11) is 0. The molecule has 0 aliphatic rings. The monoisotopic (exact) mass is 292 g/mol. The summed E-state index contributed by atoms with van der Waals surface area (Å²) in [6.45, 7) is 9.01. The molecule has 2 aromatic rings. The molecule has 20 heavy (non-hydrogen) atoms. The fourth-order valence-corrected chi connectivity index (χ4v) is 3.08. The second-order valence-corrected chi connectivity index (χ2v) is 6.26. The molecular formula is C17H25ClN2. The van der Waals surface area contributed by atoms with Crippen molar-refractivity contribution in [2.75, 3.05) is 5.88 Å². The third kappa shape index (κ3) is 3.01. The van der Waals surface area contributed by atoms with Crippen LogP contribution in [0, 0.1) is 12.8 Å². The van der Waals surface area contributed by atoms with Gasteiger partial charge in [0.05, 0.1) is 11.0 Å². The summed E-state index contributed by atoms with van der Waals surface area (Å²) in [5, 5.41) is 0. The maximum atomic E-state index is 5.96. The van der Waals surface area contributed by atoms with Crippen molar-refractivity contribution in [1.29, 1.82) is 0 Å². The van der Waals surface area contributed by atoms with Gasteiger partial charge in [-0.15, -0.1) is 11.6 Å². The molecule has 2 rings (SSSR count). The lowest BCUT2D eigenvalue weighted by Gasteiger charge is -2.20. The van der Waals surface area contributed by atoms with Gasteiger partial charge in [0, 0.05) is 18.3 Å². The van der Waals surface area contributed by atoms with Crippen molar-refractivity contribution < 1.29 is 0 Å². The number of halogens is 1. The van der Waals surface area contributed by atoms with Crippen LogP contribution in [0.5, 0.6) is 0 Å². The number of aryl methyl sites for hydroxylation is 2. The van der Waals surface area contributed by atoms with Crippen molar-refractivity contribution in [3.05, 3.63) is 29.6 Å². The lowest BCUT2D eigenvalue weighted by atomic mass is 10.00. The molecule has 2 atom stereocenters. The van der Waals surface area contributed by atoms with Gasteiger partial charge in [-0.05, 0) is 37.8 Å².